The van der Waals surface area contributed by atoms with Gasteiger partial charge in [0.15, 0.2) is 0 Å². The summed E-state index contributed by atoms with van der Waals surface area (Å²) >= 11 is 0. The minimum atomic E-state index is -0.519. The Bertz CT molecular complexity index is 1790. The molecule has 0 saturated carbocycles. The normalized spacial score (nSPS) is 13.8. The molecule has 6 rings (SSSR count). The highest BCUT2D eigenvalue weighted by molar-refractivity contribution is 5.84. The number of aryl methyl sites for hydroxylation is 1. The van der Waals surface area contributed by atoms with Crippen LogP contribution in [0.1, 0.15) is 32.5 Å². The number of hydrogen-bond donors (Lipinski definition) is 0. The maximum atomic E-state index is 12.4. The van der Waals surface area contributed by atoms with Crippen LogP contribution in [0.3, 0.4) is 0 Å². The van der Waals surface area contributed by atoms with Crippen LogP contribution in [0, 0.1) is 0 Å². The van der Waals surface area contributed by atoms with Gasteiger partial charge in [0.05, 0.1) is 30.1 Å². The van der Waals surface area contributed by atoms with E-state index >= 15 is 0 Å². The molecule has 41 heavy (non-hydrogen) atoms. The number of hydrogen-bond acceptors (Lipinski definition) is 8. The van der Waals surface area contributed by atoms with Crippen molar-refractivity contribution in [1.82, 2.24) is 39.2 Å². The Kier molecular flexibility index (Phi) is 6.52. The van der Waals surface area contributed by atoms with Gasteiger partial charge in [-0.1, -0.05) is 0 Å². The molecule has 1 aliphatic rings. The van der Waals surface area contributed by atoms with Crippen molar-refractivity contribution < 1.29 is 14.3 Å². The molecule has 1 aromatic carbocycles. The Balaban J connectivity index is 1.14. The van der Waals surface area contributed by atoms with E-state index in [9.17, 15) is 9.59 Å². The number of likely N-dealkylation sites (tertiary alicyclic amines) is 1. The molecule has 0 bridgehead atoms. The van der Waals surface area contributed by atoms with Crippen molar-refractivity contribution in [3.05, 3.63) is 83.4 Å². The predicted molar refractivity (Wildman–Crippen MR) is 151 cm³/mol. The summed E-state index contributed by atoms with van der Waals surface area (Å²) < 4.78 is 16.5. The van der Waals surface area contributed by atoms with E-state index < -0.39 is 5.60 Å². The van der Waals surface area contributed by atoms with Crippen LogP contribution in [0.5, 0.6) is 5.75 Å². The predicted octanol–water partition coefficient (Wildman–Crippen LogP) is 3.75. The van der Waals surface area contributed by atoms with Crippen LogP contribution in [0.4, 0.5) is 4.79 Å². The molecule has 0 unspecified atom stereocenters. The fourth-order valence-electron chi connectivity index (χ4n) is 4.51. The zero-order valence-corrected chi connectivity index (χ0v) is 23.3. The molecule has 12 heteroatoms. The van der Waals surface area contributed by atoms with Gasteiger partial charge >= 0.3 is 6.09 Å². The highest BCUT2D eigenvalue weighted by atomic mass is 16.6. The average molecular weight is 555 g/mol. The number of ether oxygens (including phenoxy) is 2. The fraction of sp³-hybridized carbons (Fsp3) is 0.310. The van der Waals surface area contributed by atoms with Crippen LogP contribution in [-0.2, 0) is 18.4 Å². The van der Waals surface area contributed by atoms with E-state index in [0.717, 1.165) is 27.7 Å². The Morgan fingerprint density at radius 3 is 2.61 bits per heavy atom. The molecule has 210 valence electrons. The maximum Gasteiger partial charge on any atom is 0.410 e. The molecule has 0 atom stereocenters. The van der Waals surface area contributed by atoms with Crippen molar-refractivity contribution in [2.24, 2.45) is 7.05 Å². The standard InChI is InChI=1S/C29H30N8O4/c1-29(2,3)41-28(39)35-16-23(17-35)37-14-21(12-32-37)20-9-19-10-24(5-6-25(19)30-11-20)40-18-26-27(38)7-8-36(33-26)22-13-31-34(4)15-22/h5-15,23H,16-18H2,1-4H3. The van der Waals surface area contributed by atoms with Gasteiger partial charge in [-0.25, -0.2) is 9.48 Å². The number of fused-ring (bicyclic) bond motifs is 1. The quantitative estimate of drug-likeness (QED) is 0.311. The summed E-state index contributed by atoms with van der Waals surface area (Å²) in [4.78, 5) is 30.9. The number of aromatic nitrogens is 7. The van der Waals surface area contributed by atoms with Crippen molar-refractivity contribution >= 4 is 17.0 Å². The van der Waals surface area contributed by atoms with Gasteiger partial charge in [0.1, 0.15) is 29.3 Å². The van der Waals surface area contributed by atoms with Crippen LogP contribution in [0.15, 0.2) is 72.3 Å². The third-order valence-corrected chi connectivity index (χ3v) is 6.69. The number of amides is 1. The van der Waals surface area contributed by atoms with Crippen LogP contribution in [0.2, 0.25) is 0 Å². The van der Waals surface area contributed by atoms with E-state index in [0.29, 0.717) is 18.8 Å². The summed E-state index contributed by atoms with van der Waals surface area (Å²) in [6.45, 7) is 6.70. The summed E-state index contributed by atoms with van der Waals surface area (Å²) in [5.74, 6) is 0.599. The Morgan fingerprint density at radius 2 is 1.85 bits per heavy atom. The summed E-state index contributed by atoms with van der Waals surface area (Å²) in [6.07, 6.45) is 10.4. The minimum absolute atomic E-state index is 0.0209. The molecular formula is C29H30N8O4. The number of pyridine rings is 1. The van der Waals surface area contributed by atoms with Gasteiger partial charge in [-0.3, -0.25) is 19.1 Å². The molecule has 1 aliphatic heterocycles. The van der Waals surface area contributed by atoms with Crippen LogP contribution in [-0.4, -0.2) is 64.0 Å². The molecule has 0 radical (unpaired) electrons. The molecule has 0 spiro atoms. The number of nitrogens with zero attached hydrogens (tertiary/aromatic N) is 8. The number of benzene rings is 1. The lowest BCUT2D eigenvalue weighted by Gasteiger charge is -2.39. The topological polar surface area (TPSA) is 122 Å². The molecule has 1 saturated heterocycles. The SMILES string of the molecule is Cn1cc(-n2ccc(=O)c(COc3ccc4ncc(-c5cnn(C6CN(C(=O)OC(C)(C)C)C6)c5)cc4c3)n2)cn1. The van der Waals surface area contributed by atoms with Crippen molar-refractivity contribution in [2.45, 2.75) is 39.0 Å². The van der Waals surface area contributed by atoms with E-state index in [4.69, 9.17) is 9.47 Å². The Hall–Kier alpha value is -5.00. The maximum absolute atomic E-state index is 12.4. The van der Waals surface area contributed by atoms with Crippen LogP contribution < -0.4 is 10.2 Å². The summed E-state index contributed by atoms with van der Waals surface area (Å²) in [5.41, 5.74) is 2.97. The van der Waals surface area contributed by atoms with Gasteiger partial charge in [0.25, 0.3) is 0 Å². The molecule has 0 aliphatic carbocycles. The molecule has 0 N–H and O–H groups in total. The second kappa shape index (κ2) is 10.2. The van der Waals surface area contributed by atoms with Gasteiger partial charge in [0.2, 0.25) is 5.43 Å². The second-order valence-corrected chi connectivity index (χ2v) is 11.1. The van der Waals surface area contributed by atoms with E-state index in [1.807, 2.05) is 75.4 Å². The summed E-state index contributed by atoms with van der Waals surface area (Å²) in [6, 6.07) is 9.18. The second-order valence-electron chi connectivity index (χ2n) is 11.1. The first kappa shape index (κ1) is 26.2. The summed E-state index contributed by atoms with van der Waals surface area (Å²) in [7, 11) is 1.82. The number of carbonyl (C=O) groups is 1. The molecular weight excluding hydrogens is 524 g/mol. The van der Waals surface area contributed by atoms with E-state index in [1.54, 1.807) is 32.9 Å². The summed E-state index contributed by atoms with van der Waals surface area (Å²) in [5, 5.41) is 14.0. The van der Waals surface area contributed by atoms with Gasteiger partial charge in [0, 0.05) is 61.3 Å². The fourth-order valence-corrected chi connectivity index (χ4v) is 4.51. The van der Waals surface area contributed by atoms with Gasteiger partial charge in [-0.05, 0) is 45.0 Å². The largest absolute Gasteiger partial charge is 0.487 e. The molecule has 4 aromatic heterocycles. The lowest BCUT2D eigenvalue weighted by molar-refractivity contribution is -0.000383. The zero-order chi connectivity index (χ0) is 28.7. The third kappa shape index (κ3) is 5.67. The van der Waals surface area contributed by atoms with Gasteiger partial charge < -0.3 is 14.4 Å². The van der Waals surface area contributed by atoms with Crippen LogP contribution in [0.25, 0.3) is 27.7 Å². The third-order valence-electron chi connectivity index (χ3n) is 6.69. The Morgan fingerprint density at radius 1 is 1.02 bits per heavy atom. The Labute approximate surface area is 235 Å². The lowest BCUT2D eigenvalue weighted by Crippen LogP contribution is -2.52. The monoisotopic (exact) mass is 554 g/mol. The lowest BCUT2D eigenvalue weighted by atomic mass is 10.1. The molecule has 1 fully saturated rings. The molecule has 5 aromatic rings. The van der Waals surface area contributed by atoms with Crippen molar-refractivity contribution in [1.29, 1.82) is 0 Å². The smallest absolute Gasteiger partial charge is 0.410 e. The first-order valence-corrected chi connectivity index (χ1v) is 13.2. The first-order chi connectivity index (χ1) is 19.6. The average Bonchev–Trinajstić information content (AvgIpc) is 3.55. The van der Waals surface area contributed by atoms with Crippen molar-refractivity contribution in [2.75, 3.05) is 13.1 Å². The first-order valence-electron chi connectivity index (χ1n) is 13.2. The van der Waals surface area contributed by atoms with Crippen molar-refractivity contribution in [3.8, 4) is 22.6 Å². The molecule has 12 nitrogen and oxygen atoms in total. The minimum Gasteiger partial charge on any atom is -0.487 e. The highest BCUT2D eigenvalue weighted by Crippen LogP contribution is 2.28. The van der Waals surface area contributed by atoms with Gasteiger partial charge in [-0.2, -0.15) is 15.3 Å². The van der Waals surface area contributed by atoms with E-state index in [1.165, 1.54) is 6.07 Å². The van der Waals surface area contributed by atoms with Crippen LogP contribution >= 0.6 is 0 Å². The molecule has 1 amide bonds. The van der Waals surface area contributed by atoms with Crippen molar-refractivity contribution in [3.63, 3.8) is 0 Å². The van der Waals surface area contributed by atoms with E-state index in [2.05, 4.69) is 20.3 Å². The van der Waals surface area contributed by atoms with Gasteiger partial charge in [-0.15, -0.1) is 0 Å². The number of rotatable bonds is 6. The molecule has 5 heterocycles. The highest BCUT2D eigenvalue weighted by Gasteiger charge is 2.35. The zero-order valence-electron chi connectivity index (χ0n) is 23.3. The van der Waals surface area contributed by atoms with E-state index in [-0.39, 0.29) is 29.9 Å². The number of carbonyl (C=O) groups excluding carboxylic acids is 1.